The fraction of sp³-hybridized carbons (Fsp3) is 0.278. The van der Waals surface area contributed by atoms with E-state index in [0.29, 0.717) is 29.1 Å². The number of amides is 1. The molecule has 0 saturated heterocycles. The van der Waals surface area contributed by atoms with Crippen LogP contribution in [-0.4, -0.2) is 32.8 Å². The molecule has 1 atom stereocenters. The Balaban J connectivity index is 2.28. The van der Waals surface area contributed by atoms with Crippen molar-refractivity contribution in [3.63, 3.8) is 0 Å². The van der Waals surface area contributed by atoms with Crippen molar-refractivity contribution in [1.82, 2.24) is 15.1 Å². The largest absolute Gasteiger partial charge is 0.480 e. The van der Waals surface area contributed by atoms with Gasteiger partial charge in [-0.15, -0.1) is 6.58 Å². The van der Waals surface area contributed by atoms with Crippen LogP contribution in [0.3, 0.4) is 0 Å². The van der Waals surface area contributed by atoms with Crippen LogP contribution in [0, 0.1) is 0 Å². The normalized spacial score (nSPS) is 11.8. The smallest absolute Gasteiger partial charge is 0.326 e. The molecule has 0 bridgehead atoms. The molecule has 1 heterocycles. The molecule has 0 aliphatic rings. The summed E-state index contributed by atoms with van der Waals surface area (Å²) in [6.07, 6.45) is 4.41. The van der Waals surface area contributed by atoms with Gasteiger partial charge in [0, 0.05) is 5.02 Å². The van der Waals surface area contributed by atoms with E-state index in [0.717, 1.165) is 5.69 Å². The Bertz CT molecular complexity index is 786. The number of nitrogens with one attached hydrogen (secondary N) is 1. The monoisotopic (exact) mass is 361 g/mol. The number of aliphatic carboxylic acids is 1. The minimum Gasteiger partial charge on any atom is -0.480 e. The van der Waals surface area contributed by atoms with E-state index in [9.17, 15) is 14.7 Å². The number of benzene rings is 1. The van der Waals surface area contributed by atoms with E-state index in [1.54, 1.807) is 29.0 Å². The number of carboxylic acid groups (broad SMARTS) is 1. The number of allylic oxidation sites excluding steroid dienone is 1. The maximum atomic E-state index is 12.5. The summed E-state index contributed by atoms with van der Waals surface area (Å²) in [4.78, 5) is 23.8. The lowest BCUT2D eigenvalue weighted by Gasteiger charge is -2.14. The number of hydrogen-bond acceptors (Lipinski definition) is 3. The summed E-state index contributed by atoms with van der Waals surface area (Å²) in [5.41, 5.74) is 1.78. The third kappa shape index (κ3) is 4.48. The van der Waals surface area contributed by atoms with Crippen LogP contribution < -0.4 is 5.32 Å². The Kier molecular flexibility index (Phi) is 6.36. The fourth-order valence-electron chi connectivity index (χ4n) is 2.51. The number of nitrogens with zero attached hydrogens (tertiary/aromatic N) is 2. The average molecular weight is 362 g/mol. The van der Waals surface area contributed by atoms with Gasteiger partial charge in [0.15, 0.2) is 0 Å². The maximum absolute atomic E-state index is 12.5. The summed E-state index contributed by atoms with van der Waals surface area (Å²) in [6.45, 7) is 5.47. The topological polar surface area (TPSA) is 84.2 Å². The molecule has 25 heavy (non-hydrogen) atoms. The molecule has 7 heteroatoms. The van der Waals surface area contributed by atoms with Gasteiger partial charge >= 0.3 is 5.97 Å². The molecule has 0 aliphatic carbocycles. The predicted molar refractivity (Wildman–Crippen MR) is 96.3 cm³/mol. The first-order chi connectivity index (χ1) is 12.0. The summed E-state index contributed by atoms with van der Waals surface area (Å²) in [6, 6.07) is 6.17. The molecule has 2 rings (SSSR count). The average Bonchev–Trinajstić information content (AvgIpc) is 3.02. The Morgan fingerprint density at radius 1 is 1.48 bits per heavy atom. The first-order valence-electron chi connectivity index (χ1n) is 7.95. The number of carboxylic acids is 1. The quantitative estimate of drug-likeness (QED) is 0.707. The lowest BCUT2D eigenvalue weighted by atomic mass is 10.1. The van der Waals surface area contributed by atoms with Crippen LogP contribution in [0.1, 0.15) is 35.8 Å². The van der Waals surface area contributed by atoms with Crippen molar-refractivity contribution < 1.29 is 14.7 Å². The fourth-order valence-corrected chi connectivity index (χ4v) is 2.70. The lowest BCUT2D eigenvalue weighted by Crippen LogP contribution is -2.40. The number of carbonyl (C=O) groups is 2. The van der Waals surface area contributed by atoms with Crippen molar-refractivity contribution in [2.24, 2.45) is 0 Å². The standard InChI is InChI=1S/C18H20ClN3O3/c1-3-5-9-15(18(24)25)21-17(23)14-11-20-22(16(14)4-2)13-8-6-7-12(19)10-13/h3,6-8,10-11,15H,1,4-5,9H2,2H3,(H,21,23)(H,24,25). The Hall–Kier alpha value is -2.60. The molecule has 0 spiro atoms. The van der Waals surface area contributed by atoms with E-state index < -0.39 is 17.9 Å². The summed E-state index contributed by atoms with van der Waals surface area (Å²) in [5, 5.41) is 16.6. The molecule has 2 aromatic rings. The molecule has 0 aliphatic heterocycles. The first-order valence-corrected chi connectivity index (χ1v) is 8.33. The third-order valence-corrected chi connectivity index (χ3v) is 4.00. The highest BCUT2D eigenvalue weighted by Gasteiger charge is 2.23. The molecule has 2 N–H and O–H groups in total. The summed E-state index contributed by atoms with van der Waals surface area (Å²) < 4.78 is 1.64. The van der Waals surface area contributed by atoms with Gasteiger partial charge in [0.2, 0.25) is 0 Å². The second-order valence-electron chi connectivity index (χ2n) is 5.48. The number of aromatic nitrogens is 2. The molecular formula is C18H20ClN3O3. The van der Waals surface area contributed by atoms with Gasteiger partial charge in [-0.3, -0.25) is 4.79 Å². The van der Waals surface area contributed by atoms with E-state index in [1.165, 1.54) is 6.20 Å². The van der Waals surface area contributed by atoms with Crippen molar-refractivity contribution in [3.05, 3.63) is 59.4 Å². The summed E-state index contributed by atoms with van der Waals surface area (Å²) >= 11 is 6.02. The highest BCUT2D eigenvalue weighted by molar-refractivity contribution is 6.30. The number of hydrogen-bond donors (Lipinski definition) is 2. The minimum absolute atomic E-state index is 0.286. The van der Waals surface area contributed by atoms with Crippen LogP contribution in [0.25, 0.3) is 5.69 Å². The van der Waals surface area contributed by atoms with Crippen LogP contribution in [0.15, 0.2) is 43.1 Å². The summed E-state index contributed by atoms with van der Waals surface area (Å²) in [7, 11) is 0. The van der Waals surface area contributed by atoms with Crippen LogP contribution in [0.2, 0.25) is 5.02 Å². The van der Waals surface area contributed by atoms with Gasteiger partial charge in [-0.2, -0.15) is 5.10 Å². The number of carbonyl (C=O) groups excluding carboxylic acids is 1. The molecular weight excluding hydrogens is 342 g/mol. The van der Waals surface area contributed by atoms with Gasteiger partial charge < -0.3 is 10.4 Å². The number of rotatable bonds is 8. The zero-order valence-electron chi connectivity index (χ0n) is 13.9. The predicted octanol–water partition coefficient (Wildman–Crippen LogP) is 3.24. The van der Waals surface area contributed by atoms with E-state index in [1.807, 2.05) is 13.0 Å². The van der Waals surface area contributed by atoms with Gasteiger partial charge in [0.25, 0.3) is 5.91 Å². The van der Waals surface area contributed by atoms with E-state index >= 15 is 0 Å². The Labute approximate surface area is 151 Å². The van der Waals surface area contributed by atoms with Crippen molar-refractivity contribution in [3.8, 4) is 5.69 Å². The molecule has 1 amide bonds. The van der Waals surface area contributed by atoms with Crippen LogP contribution in [0.5, 0.6) is 0 Å². The molecule has 0 radical (unpaired) electrons. The second-order valence-corrected chi connectivity index (χ2v) is 5.92. The molecule has 1 unspecified atom stereocenters. The molecule has 0 fully saturated rings. The molecule has 132 valence electrons. The van der Waals surface area contributed by atoms with Crippen LogP contribution in [-0.2, 0) is 11.2 Å². The lowest BCUT2D eigenvalue weighted by molar-refractivity contribution is -0.139. The highest BCUT2D eigenvalue weighted by Crippen LogP contribution is 2.19. The zero-order valence-corrected chi connectivity index (χ0v) is 14.7. The third-order valence-electron chi connectivity index (χ3n) is 3.76. The second kappa shape index (κ2) is 8.48. The van der Waals surface area contributed by atoms with Crippen molar-refractivity contribution in [2.45, 2.75) is 32.2 Å². The van der Waals surface area contributed by atoms with E-state index in [-0.39, 0.29) is 6.42 Å². The van der Waals surface area contributed by atoms with Gasteiger partial charge in [-0.05, 0) is 37.5 Å². The van der Waals surface area contributed by atoms with Crippen LogP contribution in [0.4, 0.5) is 0 Å². The highest BCUT2D eigenvalue weighted by atomic mass is 35.5. The molecule has 6 nitrogen and oxygen atoms in total. The van der Waals surface area contributed by atoms with Gasteiger partial charge in [0.1, 0.15) is 6.04 Å². The van der Waals surface area contributed by atoms with Crippen molar-refractivity contribution in [1.29, 1.82) is 0 Å². The summed E-state index contributed by atoms with van der Waals surface area (Å²) in [5.74, 6) is -1.53. The Morgan fingerprint density at radius 2 is 2.24 bits per heavy atom. The maximum Gasteiger partial charge on any atom is 0.326 e. The van der Waals surface area contributed by atoms with E-state index in [2.05, 4.69) is 17.0 Å². The van der Waals surface area contributed by atoms with Crippen LogP contribution >= 0.6 is 11.6 Å². The molecule has 0 saturated carbocycles. The Morgan fingerprint density at radius 3 is 2.84 bits per heavy atom. The molecule has 1 aromatic carbocycles. The van der Waals surface area contributed by atoms with Gasteiger partial charge in [-0.1, -0.05) is 30.7 Å². The zero-order chi connectivity index (χ0) is 18.4. The first kappa shape index (κ1) is 18.7. The van der Waals surface area contributed by atoms with Gasteiger partial charge in [0.05, 0.1) is 23.1 Å². The minimum atomic E-state index is -1.07. The van der Waals surface area contributed by atoms with Crippen molar-refractivity contribution in [2.75, 3.05) is 0 Å². The van der Waals surface area contributed by atoms with E-state index in [4.69, 9.17) is 11.6 Å². The molecule has 1 aromatic heterocycles. The van der Waals surface area contributed by atoms with Gasteiger partial charge in [-0.25, -0.2) is 9.48 Å². The SMILES string of the molecule is C=CCCC(NC(=O)c1cnn(-c2cccc(Cl)c2)c1CC)C(=O)O. The number of halogens is 1. The van der Waals surface area contributed by atoms with Crippen molar-refractivity contribution >= 4 is 23.5 Å².